The monoisotopic (exact) mass is 676 g/mol. The van der Waals surface area contributed by atoms with Gasteiger partial charge in [-0.15, -0.1) is 0 Å². The number of amides is 2. The van der Waals surface area contributed by atoms with Crippen molar-refractivity contribution in [1.29, 1.82) is 0 Å². The molecule has 0 aromatic heterocycles. The summed E-state index contributed by atoms with van der Waals surface area (Å²) in [5.41, 5.74) is 3.40. The van der Waals surface area contributed by atoms with Crippen LogP contribution in [0.1, 0.15) is 69.3 Å². The number of ether oxygens (including phenoxy) is 1. The average Bonchev–Trinajstić information content (AvgIpc) is 3.82. The standard InChI is InChI=1S/C39H56N4O6/c1-23-31-18-29(39(31,3)4)19-32(23)41-38(47)35-34(24(2)45)33(21-44)49-43(35)20-28-11-8-12-30(36(28)48-22-25-13-14-25)26-9-7-10-27(17-26)37(46)40-15-16-42(5)6/h7-12,17,23-25,29,31-35,44-45H,13-16,18-22H2,1-6H3,(H,40,46)(H,41,47)/t23-,24-,29+,31+,32-,33-,34+,35-/m0/s1. The number of hydrogen-bond acceptors (Lipinski definition) is 8. The van der Waals surface area contributed by atoms with Crippen LogP contribution < -0.4 is 15.4 Å². The van der Waals surface area contributed by atoms with Gasteiger partial charge in [-0.2, -0.15) is 5.06 Å². The molecule has 2 aromatic rings. The van der Waals surface area contributed by atoms with Crippen LogP contribution in [-0.2, 0) is 16.2 Å². The molecule has 4 N–H and O–H groups in total. The van der Waals surface area contributed by atoms with E-state index in [1.54, 1.807) is 12.0 Å². The Hall–Kier alpha value is -3.02. The molecular formula is C39H56N4O6. The molecule has 1 heterocycles. The molecule has 268 valence electrons. The Morgan fingerprint density at radius 2 is 1.90 bits per heavy atom. The molecule has 7 rings (SSSR count). The molecule has 0 radical (unpaired) electrons. The lowest BCUT2D eigenvalue weighted by atomic mass is 9.45. The third-order valence-electron chi connectivity index (χ3n) is 11.9. The molecule has 8 atom stereocenters. The first kappa shape index (κ1) is 35.8. The third kappa shape index (κ3) is 7.54. The predicted octanol–water partition coefficient (Wildman–Crippen LogP) is 4.09. The van der Waals surface area contributed by atoms with Crippen LogP contribution in [0.15, 0.2) is 42.5 Å². The van der Waals surface area contributed by atoms with E-state index in [9.17, 15) is 19.8 Å². The first-order chi connectivity index (χ1) is 23.4. The molecule has 2 amide bonds. The Kier molecular flexibility index (Phi) is 10.7. The van der Waals surface area contributed by atoms with E-state index in [0.29, 0.717) is 53.6 Å². The highest BCUT2D eigenvalue weighted by Gasteiger charge is 2.57. The largest absolute Gasteiger partial charge is 0.492 e. The second-order valence-corrected chi connectivity index (χ2v) is 15.9. The molecule has 4 saturated carbocycles. The number of fused-ring (bicyclic) bond motifs is 2. The lowest BCUT2D eigenvalue weighted by Gasteiger charge is -2.62. The van der Waals surface area contributed by atoms with Crippen molar-refractivity contribution >= 4 is 11.8 Å². The van der Waals surface area contributed by atoms with Gasteiger partial charge in [-0.25, -0.2) is 0 Å². The van der Waals surface area contributed by atoms with Crippen molar-refractivity contribution in [2.24, 2.45) is 35.0 Å². The normalized spacial score (nSPS) is 29.7. The van der Waals surface area contributed by atoms with Crippen LogP contribution in [-0.4, -0.2) is 96.7 Å². The minimum absolute atomic E-state index is 0.0575. The minimum Gasteiger partial charge on any atom is -0.492 e. The van der Waals surface area contributed by atoms with Crippen LogP contribution in [0.4, 0.5) is 0 Å². The molecular weight excluding hydrogens is 620 g/mol. The number of carbonyl (C=O) groups excluding carboxylic acids is 2. The van der Waals surface area contributed by atoms with Crippen molar-refractivity contribution in [3.8, 4) is 16.9 Å². The number of likely N-dealkylation sites (N-methyl/N-ethyl adjacent to an activating group) is 1. The van der Waals surface area contributed by atoms with Crippen molar-refractivity contribution in [3.63, 3.8) is 0 Å². The van der Waals surface area contributed by atoms with Gasteiger partial charge in [-0.05, 0) is 93.5 Å². The van der Waals surface area contributed by atoms with Gasteiger partial charge < -0.3 is 30.5 Å². The summed E-state index contributed by atoms with van der Waals surface area (Å²) in [5, 5.41) is 29.3. The minimum atomic E-state index is -0.877. The Balaban J connectivity index is 1.27. The summed E-state index contributed by atoms with van der Waals surface area (Å²) < 4.78 is 6.56. The zero-order valence-electron chi connectivity index (χ0n) is 30.0. The molecule has 2 aromatic carbocycles. The summed E-state index contributed by atoms with van der Waals surface area (Å²) in [5.74, 6) is 1.77. The number of aliphatic hydroxyl groups excluding tert-OH is 2. The van der Waals surface area contributed by atoms with Gasteiger partial charge in [0, 0.05) is 41.7 Å². The van der Waals surface area contributed by atoms with Gasteiger partial charge in [0.05, 0.1) is 25.9 Å². The van der Waals surface area contributed by atoms with Crippen molar-refractivity contribution in [3.05, 3.63) is 53.6 Å². The van der Waals surface area contributed by atoms with E-state index >= 15 is 0 Å². The molecule has 5 aliphatic rings. The smallest absolute Gasteiger partial charge is 0.251 e. The highest BCUT2D eigenvalue weighted by atomic mass is 16.7. The van der Waals surface area contributed by atoms with Gasteiger partial charge in [0.15, 0.2) is 0 Å². The molecule has 1 aliphatic heterocycles. The Morgan fingerprint density at radius 3 is 2.55 bits per heavy atom. The van der Waals surface area contributed by atoms with E-state index in [-0.39, 0.29) is 31.0 Å². The third-order valence-corrected chi connectivity index (χ3v) is 11.9. The number of benzene rings is 2. The molecule has 0 spiro atoms. The summed E-state index contributed by atoms with van der Waals surface area (Å²) in [4.78, 5) is 35.6. The van der Waals surface area contributed by atoms with Gasteiger partial charge >= 0.3 is 0 Å². The average molecular weight is 677 g/mol. The van der Waals surface area contributed by atoms with Crippen LogP contribution in [0.25, 0.3) is 11.1 Å². The number of rotatable bonds is 14. The summed E-state index contributed by atoms with van der Waals surface area (Å²) in [7, 11) is 3.94. The second kappa shape index (κ2) is 14.7. The number of para-hydroxylation sites is 1. The van der Waals surface area contributed by atoms with Crippen LogP contribution in [0.2, 0.25) is 0 Å². The molecule has 2 bridgehead atoms. The molecule has 1 saturated heterocycles. The van der Waals surface area contributed by atoms with Gasteiger partial charge in [0.25, 0.3) is 5.91 Å². The van der Waals surface area contributed by atoms with E-state index in [4.69, 9.17) is 9.57 Å². The fraction of sp³-hybridized carbons (Fsp3) is 0.641. The topological polar surface area (TPSA) is 124 Å². The van der Waals surface area contributed by atoms with E-state index in [2.05, 4.69) is 31.4 Å². The van der Waals surface area contributed by atoms with Crippen molar-refractivity contribution in [2.45, 2.75) is 84.2 Å². The molecule has 10 nitrogen and oxygen atoms in total. The highest BCUT2D eigenvalue weighted by molar-refractivity contribution is 5.95. The zero-order chi connectivity index (χ0) is 35.0. The molecule has 0 unspecified atom stereocenters. The van der Waals surface area contributed by atoms with Crippen molar-refractivity contribution < 1.29 is 29.4 Å². The SMILES string of the molecule is C[C@@H]1[C@@H](NC(=O)[C@@H]2[C@H]([C@H](C)O)[C@H](CO)ON2Cc2cccc(-c3cccc(C(=O)NCCN(C)C)c3)c2OCC2CC2)C[C@H]2C[C@H]1C2(C)C. The van der Waals surface area contributed by atoms with Crippen LogP contribution in [0.5, 0.6) is 5.75 Å². The summed E-state index contributed by atoms with van der Waals surface area (Å²) in [6, 6.07) is 12.7. The number of nitrogens with one attached hydrogen (secondary N) is 2. The van der Waals surface area contributed by atoms with E-state index in [1.165, 1.54) is 6.42 Å². The maximum absolute atomic E-state index is 14.2. The van der Waals surface area contributed by atoms with Crippen molar-refractivity contribution in [2.75, 3.05) is 40.4 Å². The van der Waals surface area contributed by atoms with E-state index in [1.807, 2.05) is 61.5 Å². The van der Waals surface area contributed by atoms with Gasteiger partial charge in [0.1, 0.15) is 17.9 Å². The summed E-state index contributed by atoms with van der Waals surface area (Å²) in [6.07, 6.45) is 2.81. The highest BCUT2D eigenvalue weighted by Crippen LogP contribution is 2.61. The van der Waals surface area contributed by atoms with Gasteiger partial charge in [0.2, 0.25) is 5.91 Å². The van der Waals surface area contributed by atoms with E-state index < -0.39 is 24.2 Å². The van der Waals surface area contributed by atoms with Crippen LogP contribution >= 0.6 is 0 Å². The lowest BCUT2D eigenvalue weighted by molar-refractivity contribution is -0.183. The zero-order valence-corrected chi connectivity index (χ0v) is 30.0. The van der Waals surface area contributed by atoms with Crippen LogP contribution in [0, 0.1) is 35.0 Å². The predicted molar refractivity (Wildman–Crippen MR) is 189 cm³/mol. The molecule has 49 heavy (non-hydrogen) atoms. The second-order valence-electron chi connectivity index (χ2n) is 15.9. The summed E-state index contributed by atoms with van der Waals surface area (Å²) >= 11 is 0. The number of carbonyl (C=O) groups is 2. The fourth-order valence-electron chi connectivity index (χ4n) is 8.57. The molecule has 10 heteroatoms. The van der Waals surface area contributed by atoms with Gasteiger partial charge in [-0.1, -0.05) is 51.1 Å². The fourth-order valence-corrected chi connectivity index (χ4v) is 8.57. The van der Waals surface area contributed by atoms with Crippen molar-refractivity contribution in [1.82, 2.24) is 20.6 Å². The quantitative estimate of drug-likeness (QED) is 0.236. The van der Waals surface area contributed by atoms with Gasteiger partial charge in [-0.3, -0.25) is 14.4 Å². The molecule has 4 aliphatic carbocycles. The lowest BCUT2D eigenvalue weighted by Crippen LogP contribution is -2.62. The summed E-state index contributed by atoms with van der Waals surface area (Å²) in [6.45, 7) is 10.4. The maximum Gasteiger partial charge on any atom is 0.251 e. The number of hydrogen-bond donors (Lipinski definition) is 4. The van der Waals surface area contributed by atoms with Crippen LogP contribution in [0.3, 0.4) is 0 Å². The number of nitrogens with zero attached hydrogens (tertiary/aromatic N) is 2. The first-order valence-electron chi connectivity index (χ1n) is 18.2. The number of hydroxylamine groups is 2. The number of aliphatic hydroxyl groups is 2. The maximum atomic E-state index is 14.2. The Bertz CT molecular complexity index is 1490. The Labute approximate surface area is 291 Å². The van der Waals surface area contributed by atoms with E-state index in [0.717, 1.165) is 42.5 Å². The first-order valence-corrected chi connectivity index (χ1v) is 18.2. The Morgan fingerprint density at radius 1 is 1.14 bits per heavy atom. The molecule has 5 fully saturated rings.